The molecule has 1 atom stereocenters. The van der Waals surface area contributed by atoms with Gasteiger partial charge in [-0.2, -0.15) is 16.9 Å². The Morgan fingerprint density at radius 2 is 2.11 bits per heavy atom. The molecule has 0 bridgehead atoms. The lowest BCUT2D eigenvalue weighted by Gasteiger charge is -2.26. The van der Waals surface area contributed by atoms with Crippen LogP contribution in [0.2, 0.25) is 0 Å². The lowest BCUT2D eigenvalue weighted by atomic mass is 10.2. The minimum atomic E-state index is -0.0900. The summed E-state index contributed by atoms with van der Waals surface area (Å²) in [5, 5.41) is 4.65. The summed E-state index contributed by atoms with van der Waals surface area (Å²) in [6.07, 6.45) is 4.61. The number of aryl methyl sites for hydroxylation is 1. The average Bonchev–Trinajstić information content (AvgIpc) is 3.17. The van der Waals surface area contributed by atoms with Crippen LogP contribution in [0.1, 0.15) is 24.1 Å². The number of aromatic nitrogens is 4. The molecule has 1 saturated heterocycles. The van der Waals surface area contributed by atoms with Crippen molar-refractivity contribution >= 4 is 23.2 Å². The fraction of sp³-hybridized carbons (Fsp3) is 0.400. The second-order valence-electron chi connectivity index (χ2n) is 7.31. The summed E-state index contributed by atoms with van der Waals surface area (Å²) in [5.41, 5.74) is 2.62. The molecule has 5 rings (SSSR count). The third-order valence-electron chi connectivity index (χ3n) is 5.52. The Hall–Kier alpha value is -2.61. The van der Waals surface area contributed by atoms with Crippen molar-refractivity contribution in [3.8, 4) is 0 Å². The van der Waals surface area contributed by atoms with Crippen molar-refractivity contribution in [2.24, 2.45) is 0 Å². The number of hydrogen-bond donors (Lipinski definition) is 0. The summed E-state index contributed by atoms with van der Waals surface area (Å²) in [7, 11) is 0. The number of fused-ring (bicyclic) bond motifs is 2. The third kappa shape index (κ3) is 3.11. The van der Waals surface area contributed by atoms with Gasteiger partial charge in [-0.15, -0.1) is 0 Å². The first-order valence-electron chi connectivity index (χ1n) is 9.62. The predicted molar refractivity (Wildman–Crippen MR) is 110 cm³/mol. The molecule has 144 valence electrons. The average molecular weight is 395 g/mol. The van der Waals surface area contributed by atoms with Crippen molar-refractivity contribution in [2.75, 3.05) is 17.2 Å². The van der Waals surface area contributed by atoms with E-state index in [-0.39, 0.29) is 17.2 Å². The van der Waals surface area contributed by atoms with Crippen LogP contribution >= 0.6 is 11.8 Å². The molecule has 3 aromatic heterocycles. The molecule has 7 nitrogen and oxygen atoms in total. The van der Waals surface area contributed by atoms with Crippen molar-refractivity contribution in [3.63, 3.8) is 0 Å². The SMILES string of the molecule is O=c1cc2c(nn1CC1CCCN1c1cc(=O)n3ccccc3n1)CCSC2. The van der Waals surface area contributed by atoms with Crippen LogP contribution in [0.3, 0.4) is 0 Å². The summed E-state index contributed by atoms with van der Waals surface area (Å²) >= 11 is 1.85. The molecule has 1 unspecified atom stereocenters. The maximum Gasteiger partial charge on any atom is 0.267 e. The molecule has 0 radical (unpaired) electrons. The van der Waals surface area contributed by atoms with E-state index in [2.05, 4.69) is 15.0 Å². The summed E-state index contributed by atoms with van der Waals surface area (Å²) in [5.74, 6) is 2.61. The van der Waals surface area contributed by atoms with E-state index >= 15 is 0 Å². The highest BCUT2D eigenvalue weighted by atomic mass is 32.2. The number of anilines is 1. The van der Waals surface area contributed by atoms with Gasteiger partial charge in [0.25, 0.3) is 11.1 Å². The van der Waals surface area contributed by atoms with Crippen molar-refractivity contribution in [1.29, 1.82) is 0 Å². The van der Waals surface area contributed by atoms with Crippen LogP contribution in [0.25, 0.3) is 5.65 Å². The molecule has 1 fully saturated rings. The first kappa shape index (κ1) is 17.5. The zero-order valence-corrected chi connectivity index (χ0v) is 16.3. The number of hydrogen-bond acceptors (Lipinski definition) is 6. The highest BCUT2D eigenvalue weighted by Crippen LogP contribution is 2.25. The molecule has 0 N–H and O–H groups in total. The summed E-state index contributed by atoms with van der Waals surface area (Å²) in [6, 6.07) is 8.98. The molecule has 0 aromatic carbocycles. The lowest BCUT2D eigenvalue weighted by molar-refractivity contribution is 0.480. The zero-order valence-electron chi connectivity index (χ0n) is 15.5. The highest BCUT2D eigenvalue weighted by molar-refractivity contribution is 7.98. The molecule has 0 amide bonds. The topological polar surface area (TPSA) is 72.5 Å². The van der Waals surface area contributed by atoms with Crippen LogP contribution in [0.4, 0.5) is 5.82 Å². The second-order valence-corrected chi connectivity index (χ2v) is 8.42. The molecule has 2 aliphatic heterocycles. The Balaban J connectivity index is 1.47. The molecule has 5 heterocycles. The molecule has 28 heavy (non-hydrogen) atoms. The Morgan fingerprint density at radius 3 is 3.04 bits per heavy atom. The molecular weight excluding hydrogens is 374 g/mol. The molecule has 2 aliphatic rings. The number of rotatable bonds is 3. The van der Waals surface area contributed by atoms with Gasteiger partial charge >= 0.3 is 0 Å². The smallest absolute Gasteiger partial charge is 0.267 e. The minimum Gasteiger partial charge on any atom is -0.352 e. The Labute approximate surface area is 166 Å². The molecule has 0 aliphatic carbocycles. The van der Waals surface area contributed by atoms with Crippen LogP contribution in [0.15, 0.2) is 46.1 Å². The van der Waals surface area contributed by atoms with E-state index in [9.17, 15) is 9.59 Å². The Bertz CT molecular complexity index is 1160. The maximum atomic E-state index is 12.6. The van der Waals surface area contributed by atoms with Crippen LogP contribution < -0.4 is 16.0 Å². The van der Waals surface area contributed by atoms with Gasteiger partial charge in [-0.25, -0.2) is 9.67 Å². The van der Waals surface area contributed by atoms with E-state index in [1.54, 1.807) is 27.4 Å². The summed E-state index contributed by atoms with van der Waals surface area (Å²) in [4.78, 5) is 31.8. The maximum absolute atomic E-state index is 12.6. The van der Waals surface area contributed by atoms with E-state index < -0.39 is 0 Å². The van der Waals surface area contributed by atoms with Gasteiger partial charge in [0, 0.05) is 37.0 Å². The van der Waals surface area contributed by atoms with Gasteiger partial charge in [0.05, 0.1) is 18.3 Å². The van der Waals surface area contributed by atoms with Crippen molar-refractivity contribution in [3.05, 3.63) is 68.5 Å². The third-order valence-corrected chi connectivity index (χ3v) is 6.53. The molecule has 0 saturated carbocycles. The van der Waals surface area contributed by atoms with E-state index in [4.69, 9.17) is 0 Å². The van der Waals surface area contributed by atoms with Gasteiger partial charge in [0.1, 0.15) is 11.5 Å². The quantitative estimate of drug-likeness (QED) is 0.672. The van der Waals surface area contributed by atoms with E-state index in [1.807, 2.05) is 30.0 Å². The van der Waals surface area contributed by atoms with E-state index in [0.29, 0.717) is 18.0 Å². The largest absolute Gasteiger partial charge is 0.352 e. The lowest BCUT2D eigenvalue weighted by Crippen LogP contribution is -2.38. The van der Waals surface area contributed by atoms with Gasteiger partial charge in [-0.1, -0.05) is 6.07 Å². The number of pyridine rings is 1. The van der Waals surface area contributed by atoms with Gasteiger partial charge in [-0.05, 0) is 36.3 Å². The normalized spacial score (nSPS) is 19.1. The summed E-state index contributed by atoms with van der Waals surface area (Å²) < 4.78 is 3.15. The molecule has 0 spiro atoms. The molecule has 3 aromatic rings. The van der Waals surface area contributed by atoms with Gasteiger partial charge in [0.2, 0.25) is 0 Å². The monoisotopic (exact) mass is 395 g/mol. The first-order valence-corrected chi connectivity index (χ1v) is 10.8. The van der Waals surface area contributed by atoms with Gasteiger partial charge in [0.15, 0.2) is 0 Å². The fourth-order valence-corrected chi connectivity index (χ4v) is 5.05. The van der Waals surface area contributed by atoms with Crippen molar-refractivity contribution in [2.45, 2.75) is 37.6 Å². The van der Waals surface area contributed by atoms with Gasteiger partial charge < -0.3 is 4.90 Å². The van der Waals surface area contributed by atoms with Crippen LogP contribution in [-0.2, 0) is 18.7 Å². The van der Waals surface area contributed by atoms with Crippen molar-refractivity contribution < 1.29 is 0 Å². The Morgan fingerprint density at radius 1 is 1.18 bits per heavy atom. The summed E-state index contributed by atoms with van der Waals surface area (Å²) in [6.45, 7) is 1.35. The van der Waals surface area contributed by atoms with Crippen LogP contribution in [0, 0.1) is 0 Å². The Kier molecular flexibility index (Phi) is 4.43. The number of thioether (sulfide) groups is 1. The second kappa shape index (κ2) is 7.09. The zero-order chi connectivity index (χ0) is 19.1. The van der Waals surface area contributed by atoms with Crippen LogP contribution in [-0.4, -0.2) is 37.5 Å². The molecular formula is C20H21N5O2S. The van der Waals surface area contributed by atoms with E-state index in [0.717, 1.165) is 48.6 Å². The molecule has 8 heteroatoms. The predicted octanol–water partition coefficient (Wildman–Crippen LogP) is 1.71. The highest BCUT2D eigenvalue weighted by Gasteiger charge is 2.28. The minimum absolute atomic E-state index is 0.0420. The van der Waals surface area contributed by atoms with Gasteiger partial charge in [-0.3, -0.25) is 14.0 Å². The van der Waals surface area contributed by atoms with E-state index in [1.165, 1.54) is 0 Å². The fourth-order valence-electron chi connectivity index (χ4n) is 4.10. The standard InChI is InChI=1S/C20H21N5O2S/c26-19-11-18(21-17-5-1-2-7-24(17)19)23-8-3-4-15(23)12-25-20(27)10-14-13-28-9-6-16(14)22-25/h1-2,5,7,10-11,15H,3-4,6,8-9,12-13H2. The van der Waals surface area contributed by atoms with Crippen LogP contribution in [0.5, 0.6) is 0 Å². The van der Waals surface area contributed by atoms with Crippen molar-refractivity contribution in [1.82, 2.24) is 19.2 Å². The first-order chi connectivity index (χ1) is 13.7. The number of nitrogens with zero attached hydrogens (tertiary/aromatic N) is 5.